The molecule has 1 heterocycles. The SMILES string of the molecule is Cc1ccc(-n2c(C)cc(/C=N\NC(=O)Nc3ccccc3)c2C)cc1. The molecule has 0 spiro atoms. The topological polar surface area (TPSA) is 58.4 Å². The standard InChI is InChI=1S/C21H22N4O/c1-15-9-11-20(12-10-15)25-16(2)13-18(17(25)3)14-22-24-21(26)23-19-7-5-4-6-8-19/h4-14H,1-3H3,(H2,23,24,26)/b22-14-. The summed E-state index contributed by atoms with van der Waals surface area (Å²) in [5.74, 6) is 0. The third-order valence-electron chi connectivity index (χ3n) is 4.16. The lowest BCUT2D eigenvalue weighted by Gasteiger charge is -2.09. The number of aryl methyl sites for hydroxylation is 2. The zero-order valence-corrected chi connectivity index (χ0v) is 15.2. The Morgan fingerprint density at radius 3 is 2.38 bits per heavy atom. The number of carbonyl (C=O) groups is 1. The molecule has 0 aliphatic carbocycles. The molecule has 0 aliphatic rings. The van der Waals surface area contributed by atoms with Crippen molar-refractivity contribution in [3.05, 3.63) is 83.2 Å². The van der Waals surface area contributed by atoms with E-state index in [1.165, 1.54) is 5.56 Å². The van der Waals surface area contributed by atoms with Gasteiger partial charge < -0.3 is 9.88 Å². The average molecular weight is 346 g/mol. The summed E-state index contributed by atoms with van der Waals surface area (Å²) in [6, 6.07) is 19.3. The highest BCUT2D eigenvalue weighted by Gasteiger charge is 2.09. The fraction of sp³-hybridized carbons (Fsp3) is 0.143. The van der Waals surface area contributed by atoms with Gasteiger partial charge in [0.15, 0.2) is 0 Å². The number of aromatic nitrogens is 1. The van der Waals surface area contributed by atoms with Crippen molar-refractivity contribution in [3.63, 3.8) is 0 Å². The van der Waals surface area contributed by atoms with E-state index in [4.69, 9.17) is 0 Å². The van der Waals surface area contributed by atoms with Crippen molar-refractivity contribution in [2.75, 3.05) is 5.32 Å². The number of carbonyl (C=O) groups excluding carboxylic acids is 1. The molecule has 0 fully saturated rings. The maximum absolute atomic E-state index is 11.9. The first-order valence-corrected chi connectivity index (χ1v) is 8.45. The Balaban J connectivity index is 1.70. The van der Waals surface area contributed by atoms with E-state index in [0.717, 1.165) is 28.3 Å². The minimum absolute atomic E-state index is 0.375. The van der Waals surface area contributed by atoms with Gasteiger partial charge in [-0.3, -0.25) is 0 Å². The predicted octanol–water partition coefficient (Wildman–Crippen LogP) is 4.56. The molecule has 3 rings (SSSR count). The van der Waals surface area contributed by atoms with Crippen molar-refractivity contribution in [1.29, 1.82) is 0 Å². The van der Waals surface area contributed by atoms with E-state index in [1.54, 1.807) is 6.21 Å². The Bertz CT molecular complexity index is 925. The largest absolute Gasteiger partial charge is 0.339 e. The minimum atomic E-state index is -0.375. The molecule has 2 amide bonds. The molecule has 0 saturated heterocycles. The lowest BCUT2D eigenvalue weighted by molar-refractivity contribution is 0.252. The molecular formula is C21H22N4O. The summed E-state index contributed by atoms with van der Waals surface area (Å²) in [5.41, 5.74) is 8.70. The van der Waals surface area contributed by atoms with Crippen LogP contribution in [0.25, 0.3) is 5.69 Å². The highest BCUT2D eigenvalue weighted by Crippen LogP contribution is 2.20. The number of benzene rings is 2. The Hall–Kier alpha value is -3.34. The number of hydrazone groups is 1. The van der Waals surface area contributed by atoms with Crippen molar-refractivity contribution < 1.29 is 4.79 Å². The molecule has 5 nitrogen and oxygen atoms in total. The number of para-hydroxylation sites is 1. The van der Waals surface area contributed by atoms with Crippen molar-refractivity contribution >= 4 is 17.9 Å². The highest BCUT2D eigenvalue weighted by molar-refractivity contribution is 5.90. The van der Waals surface area contributed by atoms with Crippen LogP contribution in [-0.2, 0) is 0 Å². The quantitative estimate of drug-likeness (QED) is 0.528. The van der Waals surface area contributed by atoms with Gasteiger partial charge in [-0.05, 0) is 51.1 Å². The van der Waals surface area contributed by atoms with E-state index >= 15 is 0 Å². The second-order valence-electron chi connectivity index (χ2n) is 6.19. The number of nitrogens with one attached hydrogen (secondary N) is 2. The number of anilines is 1. The Kier molecular flexibility index (Phi) is 5.17. The number of nitrogens with zero attached hydrogens (tertiary/aromatic N) is 2. The predicted molar refractivity (Wildman–Crippen MR) is 106 cm³/mol. The van der Waals surface area contributed by atoms with E-state index in [0.29, 0.717) is 0 Å². The van der Waals surface area contributed by atoms with Crippen LogP contribution < -0.4 is 10.7 Å². The van der Waals surface area contributed by atoms with Gasteiger partial charge in [-0.25, -0.2) is 10.2 Å². The maximum Gasteiger partial charge on any atom is 0.339 e. The van der Waals surface area contributed by atoms with Gasteiger partial charge >= 0.3 is 6.03 Å². The summed E-state index contributed by atoms with van der Waals surface area (Å²) < 4.78 is 2.17. The molecule has 132 valence electrons. The Morgan fingerprint density at radius 2 is 1.69 bits per heavy atom. The molecule has 5 heteroatoms. The molecule has 0 bridgehead atoms. The monoisotopic (exact) mass is 346 g/mol. The number of urea groups is 1. The van der Waals surface area contributed by atoms with Crippen LogP contribution in [0.1, 0.15) is 22.5 Å². The fourth-order valence-corrected chi connectivity index (χ4v) is 2.85. The van der Waals surface area contributed by atoms with E-state index in [2.05, 4.69) is 64.6 Å². The molecule has 1 aromatic heterocycles. The molecule has 0 saturated carbocycles. The van der Waals surface area contributed by atoms with Gasteiger partial charge in [-0.1, -0.05) is 35.9 Å². The van der Waals surface area contributed by atoms with Crippen LogP contribution in [0.2, 0.25) is 0 Å². The fourth-order valence-electron chi connectivity index (χ4n) is 2.85. The summed E-state index contributed by atoms with van der Waals surface area (Å²) in [7, 11) is 0. The van der Waals surface area contributed by atoms with Gasteiger partial charge in [0.05, 0.1) is 6.21 Å². The van der Waals surface area contributed by atoms with Gasteiger partial charge in [0.1, 0.15) is 0 Å². The van der Waals surface area contributed by atoms with Crippen LogP contribution >= 0.6 is 0 Å². The summed E-state index contributed by atoms with van der Waals surface area (Å²) in [4.78, 5) is 11.9. The molecule has 0 unspecified atom stereocenters. The van der Waals surface area contributed by atoms with Gasteiger partial charge in [-0.2, -0.15) is 5.10 Å². The first kappa shape index (κ1) is 17.5. The zero-order chi connectivity index (χ0) is 18.5. The third-order valence-corrected chi connectivity index (χ3v) is 4.16. The Labute approximate surface area is 153 Å². The van der Waals surface area contributed by atoms with Crippen molar-refractivity contribution in [1.82, 2.24) is 9.99 Å². The lowest BCUT2D eigenvalue weighted by atomic mass is 10.2. The average Bonchev–Trinajstić information content (AvgIpc) is 2.90. The molecule has 3 aromatic rings. The molecule has 0 radical (unpaired) electrons. The number of rotatable bonds is 4. The van der Waals surface area contributed by atoms with Gasteiger partial charge in [-0.15, -0.1) is 0 Å². The molecule has 0 atom stereocenters. The van der Waals surface area contributed by atoms with Gasteiger partial charge in [0.25, 0.3) is 0 Å². The number of hydrogen-bond acceptors (Lipinski definition) is 2. The van der Waals surface area contributed by atoms with Crippen LogP contribution in [0, 0.1) is 20.8 Å². The van der Waals surface area contributed by atoms with E-state index in [1.807, 2.05) is 37.3 Å². The van der Waals surface area contributed by atoms with Crippen LogP contribution in [-0.4, -0.2) is 16.8 Å². The molecule has 2 N–H and O–H groups in total. The van der Waals surface area contributed by atoms with Crippen molar-refractivity contribution in [2.24, 2.45) is 5.10 Å². The first-order valence-electron chi connectivity index (χ1n) is 8.45. The van der Waals surface area contributed by atoms with E-state index in [9.17, 15) is 4.79 Å². The highest BCUT2D eigenvalue weighted by atomic mass is 16.2. The van der Waals surface area contributed by atoms with Crippen LogP contribution in [0.5, 0.6) is 0 Å². The normalized spacial score (nSPS) is 10.9. The molecular weight excluding hydrogens is 324 g/mol. The van der Waals surface area contributed by atoms with Crippen molar-refractivity contribution in [2.45, 2.75) is 20.8 Å². The number of amides is 2. The molecule has 26 heavy (non-hydrogen) atoms. The van der Waals surface area contributed by atoms with E-state index < -0.39 is 0 Å². The lowest BCUT2D eigenvalue weighted by Crippen LogP contribution is -2.24. The molecule has 0 aliphatic heterocycles. The van der Waals surface area contributed by atoms with Gasteiger partial charge in [0.2, 0.25) is 0 Å². The molecule has 2 aromatic carbocycles. The van der Waals surface area contributed by atoms with Gasteiger partial charge in [0, 0.05) is 28.3 Å². The maximum atomic E-state index is 11.9. The first-order chi connectivity index (χ1) is 12.5. The summed E-state index contributed by atoms with van der Waals surface area (Å²) in [6.07, 6.45) is 1.66. The third kappa shape index (κ3) is 4.00. The summed E-state index contributed by atoms with van der Waals surface area (Å²) in [5, 5.41) is 6.78. The van der Waals surface area contributed by atoms with Crippen LogP contribution in [0.3, 0.4) is 0 Å². The van der Waals surface area contributed by atoms with E-state index in [-0.39, 0.29) is 6.03 Å². The smallest absolute Gasteiger partial charge is 0.318 e. The minimum Gasteiger partial charge on any atom is -0.318 e. The summed E-state index contributed by atoms with van der Waals surface area (Å²) in [6.45, 7) is 6.17. The number of hydrogen-bond donors (Lipinski definition) is 2. The second-order valence-corrected chi connectivity index (χ2v) is 6.19. The summed E-state index contributed by atoms with van der Waals surface area (Å²) >= 11 is 0. The second kappa shape index (κ2) is 7.70. The van der Waals surface area contributed by atoms with Crippen molar-refractivity contribution in [3.8, 4) is 5.69 Å². The van der Waals surface area contributed by atoms with Crippen LogP contribution in [0.4, 0.5) is 10.5 Å². The van der Waals surface area contributed by atoms with Crippen LogP contribution in [0.15, 0.2) is 65.8 Å². The Morgan fingerprint density at radius 1 is 1.00 bits per heavy atom. The zero-order valence-electron chi connectivity index (χ0n) is 15.2.